The molecule has 1 amide bonds. The maximum Gasteiger partial charge on any atom is 0.273 e. The van der Waals surface area contributed by atoms with Crippen molar-refractivity contribution in [3.8, 4) is 11.3 Å². The van der Waals surface area contributed by atoms with Gasteiger partial charge < -0.3 is 9.32 Å². The number of benzene rings is 1. The summed E-state index contributed by atoms with van der Waals surface area (Å²) in [4.78, 5) is 19.0. The van der Waals surface area contributed by atoms with Crippen LogP contribution in [-0.2, 0) is 9.84 Å². The Bertz CT molecular complexity index is 1150. The van der Waals surface area contributed by atoms with E-state index in [0.29, 0.717) is 22.9 Å². The van der Waals surface area contributed by atoms with Gasteiger partial charge in [-0.3, -0.25) is 4.79 Å². The lowest BCUT2D eigenvalue weighted by atomic mass is 9.96. The lowest BCUT2D eigenvalue weighted by Crippen LogP contribution is -2.31. The highest BCUT2D eigenvalue weighted by Gasteiger charge is 2.51. The van der Waals surface area contributed by atoms with Gasteiger partial charge in [0.1, 0.15) is 11.5 Å². The van der Waals surface area contributed by atoms with Gasteiger partial charge in [-0.05, 0) is 42.8 Å². The summed E-state index contributed by atoms with van der Waals surface area (Å²) in [5, 5.41) is 1.95. The molecule has 8 heteroatoms. The van der Waals surface area contributed by atoms with E-state index < -0.39 is 15.1 Å². The summed E-state index contributed by atoms with van der Waals surface area (Å²) in [7, 11) is -3.45. The molecule has 0 aliphatic carbocycles. The van der Waals surface area contributed by atoms with E-state index in [1.165, 1.54) is 11.3 Å². The molecule has 4 heterocycles. The van der Waals surface area contributed by atoms with E-state index in [4.69, 9.17) is 4.42 Å². The first kappa shape index (κ1) is 16.7. The van der Waals surface area contributed by atoms with Crippen LogP contribution in [0.15, 0.2) is 51.3 Å². The van der Waals surface area contributed by atoms with Crippen LogP contribution in [0.3, 0.4) is 0 Å². The fourth-order valence-corrected chi connectivity index (χ4v) is 6.78. The van der Waals surface area contributed by atoms with Gasteiger partial charge in [-0.15, -0.1) is 11.3 Å². The number of fused-ring (bicyclic) bond motifs is 3. The van der Waals surface area contributed by atoms with Crippen molar-refractivity contribution in [3.05, 3.63) is 58.2 Å². The number of carbonyl (C=O) groups is 1. The lowest BCUT2D eigenvalue weighted by molar-refractivity contribution is 0.0785. The number of thiazole rings is 1. The molecule has 1 aromatic carbocycles. The van der Waals surface area contributed by atoms with Crippen molar-refractivity contribution in [2.75, 3.05) is 13.1 Å². The molecule has 0 N–H and O–H groups in total. The summed E-state index contributed by atoms with van der Waals surface area (Å²) in [6, 6.07) is 8.97. The van der Waals surface area contributed by atoms with E-state index >= 15 is 0 Å². The third-order valence-corrected chi connectivity index (χ3v) is 8.34. The first-order valence-corrected chi connectivity index (χ1v) is 11.0. The number of rotatable bonds is 2. The zero-order valence-electron chi connectivity index (χ0n) is 14.5. The molecule has 2 aliphatic rings. The van der Waals surface area contributed by atoms with Gasteiger partial charge >= 0.3 is 0 Å². The van der Waals surface area contributed by atoms with E-state index in [1.807, 2.05) is 19.1 Å². The van der Waals surface area contributed by atoms with Crippen molar-refractivity contribution in [1.29, 1.82) is 0 Å². The molecule has 6 nitrogen and oxygen atoms in total. The second-order valence-electron chi connectivity index (χ2n) is 6.88. The van der Waals surface area contributed by atoms with Gasteiger partial charge in [0.15, 0.2) is 9.84 Å². The molecule has 1 fully saturated rings. The van der Waals surface area contributed by atoms with Gasteiger partial charge in [0, 0.05) is 30.0 Å². The van der Waals surface area contributed by atoms with Crippen molar-refractivity contribution in [2.45, 2.75) is 23.0 Å². The zero-order valence-corrected chi connectivity index (χ0v) is 16.1. The Morgan fingerprint density at radius 1 is 1.30 bits per heavy atom. The van der Waals surface area contributed by atoms with E-state index in [1.54, 1.807) is 34.7 Å². The van der Waals surface area contributed by atoms with Crippen LogP contribution in [0, 0.1) is 6.92 Å². The minimum absolute atomic E-state index is 0.201. The fourth-order valence-electron chi connectivity index (χ4n) is 4.03. The number of nitrogens with zero attached hydrogens (tertiary/aromatic N) is 2. The zero-order chi connectivity index (χ0) is 18.8. The largest absolute Gasteiger partial charge is 0.464 e. The van der Waals surface area contributed by atoms with Gasteiger partial charge in [-0.25, -0.2) is 13.4 Å². The minimum Gasteiger partial charge on any atom is -0.464 e. The summed E-state index contributed by atoms with van der Waals surface area (Å²) in [6.45, 7) is 2.43. The number of hydrogen-bond acceptors (Lipinski definition) is 6. The number of aryl methyl sites for hydroxylation is 1. The summed E-state index contributed by atoms with van der Waals surface area (Å²) < 4.78 is 31.4. The smallest absolute Gasteiger partial charge is 0.273 e. The van der Waals surface area contributed by atoms with Gasteiger partial charge in [0.25, 0.3) is 5.91 Å². The predicted molar refractivity (Wildman–Crippen MR) is 101 cm³/mol. The molecule has 0 unspecified atom stereocenters. The molecule has 0 spiro atoms. The van der Waals surface area contributed by atoms with E-state index in [2.05, 4.69) is 4.98 Å². The summed E-state index contributed by atoms with van der Waals surface area (Å²) >= 11 is 1.41. The predicted octanol–water partition coefficient (Wildman–Crippen LogP) is 3.11. The average Bonchev–Trinajstić information content (AvgIpc) is 3.41. The molecule has 0 radical (unpaired) electrons. The number of furan rings is 1. The normalized spacial score (nSPS) is 22.6. The van der Waals surface area contributed by atoms with Crippen LogP contribution in [0.4, 0.5) is 0 Å². The number of aromatic nitrogens is 1. The number of likely N-dealkylation sites (tertiary alicyclic amines) is 1. The molecule has 0 saturated carbocycles. The Hall–Kier alpha value is -2.45. The average molecular weight is 400 g/mol. The van der Waals surface area contributed by atoms with Gasteiger partial charge in [-0.1, -0.05) is 0 Å². The summed E-state index contributed by atoms with van der Waals surface area (Å²) in [6.07, 6.45) is 1.59. The van der Waals surface area contributed by atoms with Crippen molar-refractivity contribution < 1.29 is 17.6 Å². The molecule has 3 aromatic rings. The SMILES string of the molecule is Cc1nc(C(=O)N2C[C@@H]3[C@@H](C2)c2cc(-c4ccco4)ccc2S3(=O)=O)cs1. The molecule has 2 aliphatic heterocycles. The molecule has 0 bridgehead atoms. The quantitative estimate of drug-likeness (QED) is 0.660. The van der Waals surface area contributed by atoms with Gasteiger partial charge in [-0.2, -0.15) is 0 Å². The van der Waals surface area contributed by atoms with Crippen LogP contribution >= 0.6 is 11.3 Å². The number of carbonyl (C=O) groups excluding carboxylic acids is 1. The summed E-state index contributed by atoms with van der Waals surface area (Å²) in [5.74, 6) is 0.277. The molecule has 138 valence electrons. The first-order chi connectivity index (χ1) is 12.9. The molecule has 27 heavy (non-hydrogen) atoms. The molecule has 2 atom stereocenters. The van der Waals surface area contributed by atoms with Crippen LogP contribution in [0.25, 0.3) is 11.3 Å². The Kier molecular flexibility index (Phi) is 3.57. The Balaban J connectivity index is 1.52. The van der Waals surface area contributed by atoms with E-state index in [0.717, 1.165) is 16.1 Å². The van der Waals surface area contributed by atoms with Crippen LogP contribution in [0.5, 0.6) is 0 Å². The molecule has 2 aromatic heterocycles. The molecule has 5 rings (SSSR count). The Morgan fingerprint density at radius 3 is 2.85 bits per heavy atom. The second-order valence-corrected chi connectivity index (χ2v) is 10.1. The highest BCUT2D eigenvalue weighted by Crippen LogP contribution is 2.46. The fraction of sp³-hybridized carbons (Fsp3) is 0.263. The van der Waals surface area contributed by atoms with E-state index in [9.17, 15) is 13.2 Å². The standard InChI is InChI=1S/C19H16N2O4S2/c1-11-20-15(10-26-11)19(22)21-8-14-13-7-12(16-3-2-6-25-16)4-5-17(13)27(23,24)18(14)9-21/h2-7,10,14,18H,8-9H2,1H3/t14-,18+/m0/s1. The van der Waals surface area contributed by atoms with Crippen molar-refractivity contribution in [2.24, 2.45) is 0 Å². The second kappa shape index (κ2) is 5.77. The highest BCUT2D eigenvalue weighted by molar-refractivity contribution is 7.92. The van der Waals surface area contributed by atoms with Crippen LogP contribution < -0.4 is 0 Å². The first-order valence-electron chi connectivity index (χ1n) is 8.58. The van der Waals surface area contributed by atoms with Crippen LogP contribution in [0.2, 0.25) is 0 Å². The third-order valence-electron chi connectivity index (χ3n) is 5.31. The molecule has 1 saturated heterocycles. The Morgan fingerprint density at radius 2 is 2.15 bits per heavy atom. The number of sulfone groups is 1. The van der Waals surface area contributed by atoms with Crippen molar-refractivity contribution >= 4 is 27.1 Å². The Labute approximate surface area is 160 Å². The third kappa shape index (κ3) is 2.47. The van der Waals surface area contributed by atoms with Crippen molar-refractivity contribution in [1.82, 2.24) is 9.88 Å². The van der Waals surface area contributed by atoms with Crippen molar-refractivity contribution in [3.63, 3.8) is 0 Å². The topological polar surface area (TPSA) is 80.5 Å². The lowest BCUT2D eigenvalue weighted by Gasteiger charge is -2.16. The monoisotopic (exact) mass is 400 g/mol. The van der Waals surface area contributed by atoms with Gasteiger partial charge in [0.2, 0.25) is 0 Å². The minimum atomic E-state index is -3.45. The van der Waals surface area contributed by atoms with Gasteiger partial charge in [0.05, 0.1) is 21.4 Å². The van der Waals surface area contributed by atoms with Crippen LogP contribution in [0.1, 0.15) is 27.0 Å². The maximum atomic E-state index is 13.0. The highest BCUT2D eigenvalue weighted by atomic mass is 32.2. The molecular formula is C19H16N2O4S2. The number of amides is 1. The van der Waals surface area contributed by atoms with E-state index in [-0.39, 0.29) is 18.4 Å². The van der Waals surface area contributed by atoms with Crippen LogP contribution in [-0.4, -0.2) is 42.5 Å². The summed E-state index contributed by atoms with van der Waals surface area (Å²) in [5.41, 5.74) is 2.01. The maximum absolute atomic E-state index is 13.0. The molecular weight excluding hydrogens is 384 g/mol. The number of hydrogen-bond donors (Lipinski definition) is 0.